The summed E-state index contributed by atoms with van der Waals surface area (Å²) in [6.45, 7) is 6.36. The third-order valence-electron chi connectivity index (χ3n) is 3.43. The molecule has 0 saturated heterocycles. The Morgan fingerprint density at radius 1 is 1.21 bits per heavy atom. The predicted octanol–water partition coefficient (Wildman–Crippen LogP) is 2.41. The maximum absolute atomic E-state index is 5.29. The minimum atomic E-state index is -0.0576. The van der Waals surface area contributed by atoms with E-state index in [2.05, 4.69) is 41.4 Å². The van der Waals surface area contributed by atoms with Gasteiger partial charge in [-0.15, -0.1) is 0 Å². The van der Waals surface area contributed by atoms with Crippen molar-refractivity contribution in [3.05, 3.63) is 11.9 Å². The molecular weight excluding hydrogens is 240 g/mol. The predicted molar refractivity (Wildman–Crippen MR) is 77.7 cm³/mol. The average Bonchev–Trinajstić information content (AvgIpc) is 2.31. The van der Waals surface area contributed by atoms with Crippen LogP contribution in [-0.4, -0.2) is 36.3 Å². The van der Waals surface area contributed by atoms with Gasteiger partial charge in [-0.3, -0.25) is 0 Å². The van der Waals surface area contributed by atoms with Gasteiger partial charge in [0.15, 0.2) is 0 Å². The van der Waals surface area contributed by atoms with E-state index in [0.717, 1.165) is 30.3 Å². The molecule has 0 aliphatic heterocycles. The molecule has 0 bridgehead atoms. The van der Waals surface area contributed by atoms with E-state index < -0.39 is 0 Å². The van der Waals surface area contributed by atoms with E-state index in [4.69, 9.17) is 4.74 Å². The molecule has 0 aromatic carbocycles. The zero-order valence-electron chi connectivity index (χ0n) is 12.4. The van der Waals surface area contributed by atoms with Crippen molar-refractivity contribution in [1.82, 2.24) is 9.97 Å². The largest absolute Gasteiger partial charge is 0.381 e. The van der Waals surface area contributed by atoms with Gasteiger partial charge in [0.2, 0.25) is 0 Å². The lowest BCUT2D eigenvalue weighted by Crippen LogP contribution is -2.40. The second-order valence-electron chi connectivity index (χ2n) is 6.13. The van der Waals surface area contributed by atoms with Crippen LogP contribution in [-0.2, 0) is 10.2 Å². The summed E-state index contributed by atoms with van der Waals surface area (Å²) in [5.41, 5.74) is -0.0576. The summed E-state index contributed by atoms with van der Waals surface area (Å²) in [5.74, 6) is 2.60. The molecule has 1 aromatic rings. The van der Waals surface area contributed by atoms with Crippen LogP contribution in [0.15, 0.2) is 6.07 Å². The molecule has 1 saturated carbocycles. The molecule has 5 nitrogen and oxygen atoms in total. The van der Waals surface area contributed by atoms with Gasteiger partial charge >= 0.3 is 0 Å². The van der Waals surface area contributed by atoms with Crippen molar-refractivity contribution in [2.75, 3.05) is 24.8 Å². The first kappa shape index (κ1) is 14.1. The van der Waals surface area contributed by atoms with Crippen LogP contribution in [0, 0.1) is 0 Å². The van der Waals surface area contributed by atoms with Gasteiger partial charge in [0.1, 0.15) is 17.5 Å². The molecule has 5 heteroatoms. The van der Waals surface area contributed by atoms with Gasteiger partial charge in [0, 0.05) is 31.7 Å². The minimum absolute atomic E-state index is 0.0576. The van der Waals surface area contributed by atoms with Gasteiger partial charge in [-0.2, -0.15) is 0 Å². The van der Waals surface area contributed by atoms with Crippen LogP contribution in [0.3, 0.4) is 0 Å². The molecule has 106 valence electrons. The van der Waals surface area contributed by atoms with Crippen molar-refractivity contribution in [2.24, 2.45) is 0 Å². The molecule has 0 unspecified atom stereocenters. The van der Waals surface area contributed by atoms with E-state index in [0.29, 0.717) is 12.1 Å². The summed E-state index contributed by atoms with van der Waals surface area (Å²) >= 11 is 0. The summed E-state index contributed by atoms with van der Waals surface area (Å²) in [5, 5.41) is 6.55. The molecule has 0 radical (unpaired) electrons. The minimum Gasteiger partial charge on any atom is -0.381 e. The highest BCUT2D eigenvalue weighted by atomic mass is 16.5. The van der Waals surface area contributed by atoms with E-state index in [-0.39, 0.29) is 5.41 Å². The van der Waals surface area contributed by atoms with Crippen molar-refractivity contribution >= 4 is 11.6 Å². The SMILES string of the molecule is CNc1cc(NC2CC(OC)C2)nc(C(C)(C)C)n1. The third kappa shape index (κ3) is 3.35. The fraction of sp³-hybridized carbons (Fsp3) is 0.714. The fourth-order valence-corrected chi connectivity index (χ4v) is 2.07. The number of rotatable bonds is 4. The summed E-state index contributed by atoms with van der Waals surface area (Å²) < 4.78 is 5.29. The van der Waals surface area contributed by atoms with Crippen molar-refractivity contribution in [3.63, 3.8) is 0 Å². The standard InChI is InChI=1S/C14H24N4O/c1-14(2,3)13-17-11(15-4)8-12(18-13)16-9-6-10(7-9)19-5/h8-10H,6-7H2,1-5H3,(H2,15,16,17,18). The van der Waals surface area contributed by atoms with E-state index in [9.17, 15) is 0 Å². The van der Waals surface area contributed by atoms with Gasteiger partial charge in [-0.05, 0) is 12.8 Å². The van der Waals surface area contributed by atoms with Crippen molar-refractivity contribution in [3.8, 4) is 0 Å². The molecule has 0 amide bonds. The lowest BCUT2D eigenvalue weighted by Gasteiger charge is -2.35. The fourth-order valence-electron chi connectivity index (χ4n) is 2.07. The van der Waals surface area contributed by atoms with Gasteiger partial charge in [0.05, 0.1) is 6.10 Å². The van der Waals surface area contributed by atoms with Crippen LogP contribution in [0.1, 0.15) is 39.4 Å². The maximum Gasteiger partial charge on any atom is 0.138 e. The highest BCUT2D eigenvalue weighted by Crippen LogP contribution is 2.27. The van der Waals surface area contributed by atoms with Crippen LogP contribution in [0.25, 0.3) is 0 Å². The Balaban J connectivity index is 2.12. The van der Waals surface area contributed by atoms with E-state index >= 15 is 0 Å². The van der Waals surface area contributed by atoms with Crippen LogP contribution in [0.5, 0.6) is 0 Å². The molecule has 1 aliphatic rings. The van der Waals surface area contributed by atoms with Gasteiger partial charge in [-0.1, -0.05) is 20.8 Å². The Kier molecular flexibility index (Phi) is 3.94. The van der Waals surface area contributed by atoms with Gasteiger partial charge in [-0.25, -0.2) is 9.97 Å². The van der Waals surface area contributed by atoms with Crippen molar-refractivity contribution in [1.29, 1.82) is 0 Å². The highest BCUT2D eigenvalue weighted by Gasteiger charge is 2.29. The average molecular weight is 264 g/mol. The Hall–Kier alpha value is -1.36. The zero-order valence-corrected chi connectivity index (χ0v) is 12.4. The smallest absolute Gasteiger partial charge is 0.138 e. The number of hydrogen-bond donors (Lipinski definition) is 2. The molecule has 2 rings (SSSR count). The number of ether oxygens (including phenoxy) is 1. The Bertz CT molecular complexity index is 436. The zero-order chi connectivity index (χ0) is 14.0. The number of aromatic nitrogens is 2. The van der Waals surface area contributed by atoms with Crippen LogP contribution < -0.4 is 10.6 Å². The van der Waals surface area contributed by atoms with E-state index in [1.54, 1.807) is 7.11 Å². The molecule has 2 N–H and O–H groups in total. The maximum atomic E-state index is 5.29. The molecule has 1 aliphatic carbocycles. The third-order valence-corrected chi connectivity index (χ3v) is 3.43. The summed E-state index contributed by atoms with van der Waals surface area (Å²) in [6.07, 6.45) is 2.48. The Morgan fingerprint density at radius 3 is 2.37 bits per heavy atom. The number of hydrogen-bond acceptors (Lipinski definition) is 5. The lowest BCUT2D eigenvalue weighted by atomic mass is 9.89. The van der Waals surface area contributed by atoms with Gasteiger partial charge < -0.3 is 15.4 Å². The molecule has 0 atom stereocenters. The normalized spacial score (nSPS) is 22.8. The highest BCUT2D eigenvalue weighted by molar-refractivity contribution is 5.48. The second-order valence-corrected chi connectivity index (χ2v) is 6.13. The summed E-state index contributed by atoms with van der Waals surface area (Å²) in [6, 6.07) is 2.41. The molecule has 1 heterocycles. The van der Waals surface area contributed by atoms with Crippen LogP contribution in [0.2, 0.25) is 0 Å². The Labute approximate surface area is 115 Å². The number of methoxy groups -OCH3 is 1. The van der Waals surface area contributed by atoms with Crippen LogP contribution in [0.4, 0.5) is 11.6 Å². The second kappa shape index (κ2) is 5.33. The van der Waals surface area contributed by atoms with Gasteiger partial charge in [0.25, 0.3) is 0 Å². The molecule has 1 fully saturated rings. The Morgan fingerprint density at radius 2 is 1.84 bits per heavy atom. The molecule has 1 aromatic heterocycles. The number of nitrogens with zero attached hydrogens (tertiary/aromatic N) is 2. The summed E-state index contributed by atoms with van der Waals surface area (Å²) in [7, 11) is 3.64. The molecule has 19 heavy (non-hydrogen) atoms. The molecule has 0 spiro atoms. The number of anilines is 2. The molecular formula is C14H24N4O. The van der Waals surface area contributed by atoms with Crippen molar-refractivity contribution < 1.29 is 4.74 Å². The lowest BCUT2D eigenvalue weighted by molar-refractivity contribution is 0.0328. The van der Waals surface area contributed by atoms with E-state index in [1.165, 1.54) is 0 Å². The first-order valence-electron chi connectivity index (χ1n) is 6.79. The number of nitrogens with one attached hydrogen (secondary N) is 2. The first-order chi connectivity index (χ1) is 8.92. The van der Waals surface area contributed by atoms with E-state index in [1.807, 2.05) is 13.1 Å². The van der Waals surface area contributed by atoms with Crippen LogP contribution >= 0.6 is 0 Å². The monoisotopic (exact) mass is 264 g/mol. The summed E-state index contributed by atoms with van der Waals surface area (Å²) in [4.78, 5) is 9.14. The first-order valence-corrected chi connectivity index (χ1v) is 6.79. The quantitative estimate of drug-likeness (QED) is 0.874. The van der Waals surface area contributed by atoms with Crippen molar-refractivity contribution in [2.45, 2.75) is 51.2 Å². The topological polar surface area (TPSA) is 59.1 Å².